The van der Waals surface area contributed by atoms with Crippen LogP contribution in [0.2, 0.25) is 0 Å². The molecular weight excluding hydrogens is 436 g/mol. The fourth-order valence-electron chi connectivity index (χ4n) is 7.25. The third-order valence-corrected chi connectivity index (χ3v) is 9.31. The van der Waals surface area contributed by atoms with Crippen molar-refractivity contribution in [3.63, 3.8) is 0 Å². The number of fused-ring (bicyclic) bond motifs is 1. The monoisotopic (exact) mass is 479 g/mol. The van der Waals surface area contributed by atoms with Gasteiger partial charge in [0.2, 0.25) is 0 Å². The quantitative estimate of drug-likeness (QED) is 0.475. The molecule has 0 unspecified atom stereocenters. The van der Waals surface area contributed by atoms with Crippen molar-refractivity contribution in [3.05, 3.63) is 35.5 Å². The van der Waals surface area contributed by atoms with Crippen LogP contribution in [-0.2, 0) is 4.74 Å². The Hall–Kier alpha value is -1.08. The summed E-state index contributed by atoms with van der Waals surface area (Å²) in [4.78, 5) is 2.33. The van der Waals surface area contributed by atoms with Gasteiger partial charge in [0.1, 0.15) is 6.61 Å². The number of rotatable bonds is 8. The van der Waals surface area contributed by atoms with Crippen molar-refractivity contribution in [2.75, 3.05) is 26.2 Å². The molecule has 6 atom stereocenters. The van der Waals surface area contributed by atoms with E-state index < -0.39 is 25.2 Å². The Bertz CT molecular complexity index is 775. The summed E-state index contributed by atoms with van der Waals surface area (Å²) in [5.74, 6) is 1.97. The van der Waals surface area contributed by atoms with E-state index in [1.165, 1.54) is 25.7 Å². The van der Waals surface area contributed by atoms with Crippen LogP contribution in [0.3, 0.4) is 0 Å². The molecule has 0 aromatic rings. The van der Waals surface area contributed by atoms with Crippen molar-refractivity contribution >= 4 is 0 Å². The molecule has 1 saturated heterocycles. The maximum atomic E-state index is 12.3. The molecule has 0 radical (unpaired) electrons. The van der Waals surface area contributed by atoms with Crippen molar-refractivity contribution in [1.29, 1.82) is 0 Å². The molecule has 34 heavy (non-hydrogen) atoms. The molecule has 4 fully saturated rings. The normalized spacial score (nSPS) is 37.2. The molecule has 0 spiro atoms. The molecule has 3 saturated carbocycles. The van der Waals surface area contributed by atoms with E-state index in [0.717, 1.165) is 38.0 Å². The first-order valence-corrected chi connectivity index (χ1v) is 13.2. The van der Waals surface area contributed by atoms with Crippen molar-refractivity contribution < 1.29 is 23.7 Å². The summed E-state index contributed by atoms with van der Waals surface area (Å²) in [5, 5.41) is 20.3. The lowest BCUT2D eigenvalue weighted by molar-refractivity contribution is -0.0895. The molecule has 2 N–H and O–H groups in total. The lowest BCUT2D eigenvalue weighted by Crippen LogP contribution is -2.53. The van der Waals surface area contributed by atoms with Gasteiger partial charge in [-0.15, -0.1) is 0 Å². The van der Waals surface area contributed by atoms with Gasteiger partial charge in [-0.1, -0.05) is 43.7 Å². The molecular formula is C28H43F2NO3. The number of allylic oxidation sites excluding steroid dienone is 3. The van der Waals surface area contributed by atoms with E-state index in [0.29, 0.717) is 41.6 Å². The Labute approximate surface area is 203 Å². The summed E-state index contributed by atoms with van der Waals surface area (Å²) >= 11 is 0. The number of likely N-dealkylation sites (tertiary alicyclic amines) is 1. The second kappa shape index (κ2) is 10.9. The van der Waals surface area contributed by atoms with Crippen molar-refractivity contribution in [1.82, 2.24) is 4.90 Å². The lowest BCUT2D eigenvalue weighted by Gasteiger charge is -2.45. The van der Waals surface area contributed by atoms with Gasteiger partial charge in [-0.3, -0.25) is 4.90 Å². The molecule has 0 aromatic heterocycles. The first-order chi connectivity index (χ1) is 16.2. The first-order valence-electron chi connectivity index (χ1n) is 13.2. The van der Waals surface area contributed by atoms with Crippen LogP contribution in [0.4, 0.5) is 8.78 Å². The van der Waals surface area contributed by atoms with Crippen LogP contribution in [0.1, 0.15) is 65.2 Å². The van der Waals surface area contributed by atoms with E-state index in [1.807, 2.05) is 0 Å². The predicted molar refractivity (Wildman–Crippen MR) is 131 cm³/mol. The van der Waals surface area contributed by atoms with Gasteiger partial charge >= 0.3 is 0 Å². The maximum absolute atomic E-state index is 12.3. The molecule has 4 rings (SSSR count). The standard InChI is InChI=1S/C28H43F2NO3/c1-18(10-12-31-15-22(16-31)34-17-27(29)30)23-8-9-24-21(5-4-11-28(23,24)3)7-6-20-13-25(32)19(2)26(33)14-20/h6-7,18,22-27,32-33H,2,4-5,8-17H2,1,3H3/b21-7+/t18-,23-,24+,25-,26-,28-/m1/s1. The zero-order valence-corrected chi connectivity index (χ0v) is 20.9. The summed E-state index contributed by atoms with van der Waals surface area (Å²) in [6.07, 6.45) is 9.26. The molecule has 4 nitrogen and oxygen atoms in total. The Morgan fingerprint density at radius 1 is 1.18 bits per heavy atom. The van der Waals surface area contributed by atoms with E-state index in [-0.39, 0.29) is 6.10 Å². The van der Waals surface area contributed by atoms with E-state index in [1.54, 1.807) is 5.57 Å². The fourth-order valence-corrected chi connectivity index (χ4v) is 7.25. The fraction of sp³-hybridized carbons (Fsp3) is 0.786. The summed E-state index contributed by atoms with van der Waals surface area (Å²) < 4.78 is 29.8. The van der Waals surface area contributed by atoms with Crippen LogP contribution in [0.25, 0.3) is 0 Å². The maximum Gasteiger partial charge on any atom is 0.261 e. The second-order valence-corrected chi connectivity index (χ2v) is 11.5. The zero-order valence-electron chi connectivity index (χ0n) is 20.9. The third kappa shape index (κ3) is 5.66. The van der Waals surface area contributed by atoms with Gasteiger partial charge in [0.05, 0.1) is 18.3 Å². The number of hydrogen-bond acceptors (Lipinski definition) is 4. The highest BCUT2D eigenvalue weighted by atomic mass is 19.3. The highest BCUT2D eigenvalue weighted by Crippen LogP contribution is 2.59. The average Bonchev–Trinajstić information content (AvgIpc) is 3.11. The molecule has 0 amide bonds. The van der Waals surface area contributed by atoms with Crippen LogP contribution >= 0.6 is 0 Å². The lowest BCUT2D eigenvalue weighted by atomic mass is 9.61. The Morgan fingerprint density at radius 2 is 1.88 bits per heavy atom. The van der Waals surface area contributed by atoms with Crippen molar-refractivity contribution in [2.24, 2.45) is 23.2 Å². The van der Waals surface area contributed by atoms with Crippen LogP contribution in [0, 0.1) is 23.2 Å². The molecule has 1 heterocycles. The van der Waals surface area contributed by atoms with Gasteiger partial charge in [-0.2, -0.15) is 0 Å². The summed E-state index contributed by atoms with van der Waals surface area (Å²) in [5.41, 5.74) is 3.53. The molecule has 1 aliphatic heterocycles. The number of ether oxygens (including phenoxy) is 1. The van der Waals surface area contributed by atoms with E-state index in [9.17, 15) is 19.0 Å². The minimum absolute atomic E-state index is 0.0256. The molecule has 6 heteroatoms. The third-order valence-electron chi connectivity index (χ3n) is 9.31. The van der Waals surface area contributed by atoms with Crippen LogP contribution in [0.15, 0.2) is 35.5 Å². The molecule has 3 aliphatic carbocycles. The number of alkyl halides is 2. The van der Waals surface area contributed by atoms with Gasteiger partial charge < -0.3 is 14.9 Å². The summed E-state index contributed by atoms with van der Waals surface area (Å²) in [7, 11) is 0. The largest absolute Gasteiger partial charge is 0.388 e. The van der Waals surface area contributed by atoms with Gasteiger partial charge in [0.25, 0.3) is 6.43 Å². The molecule has 192 valence electrons. The highest BCUT2D eigenvalue weighted by Gasteiger charge is 2.50. The average molecular weight is 480 g/mol. The molecule has 0 aromatic carbocycles. The van der Waals surface area contributed by atoms with Crippen LogP contribution in [0.5, 0.6) is 0 Å². The number of nitrogens with zero attached hydrogens (tertiary/aromatic N) is 1. The number of aliphatic hydroxyl groups excluding tert-OH is 2. The van der Waals surface area contributed by atoms with E-state index in [4.69, 9.17) is 4.74 Å². The van der Waals surface area contributed by atoms with Crippen molar-refractivity contribution in [3.8, 4) is 0 Å². The first kappa shape index (κ1) is 26.0. The van der Waals surface area contributed by atoms with Crippen LogP contribution in [-0.4, -0.2) is 66.1 Å². The SMILES string of the molecule is C=C1[C@H](O)CC(=C/C=C2\CCC[C@]3(C)[C@@H]([C@H](C)CCN4CC(OCC(F)F)C4)CC[C@@H]23)C[C@H]1O. The Kier molecular flexibility index (Phi) is 8.33. The summed E-state index contributed by atoms with van der Waals surface area (Å²) in [6, 6.07) is 0. The zero-order chi connectivity index (χ0) is 24.5. The number of hydrogen-bond donors (Lipinski definition) is 2. The number of halogens is 2. The Balaban J connectivity index is 1.31. The van der Waals surface area contributed by atoms with E-state index in [2.05, 4.69) is 37.5 Å². The predicted octanol–water partition coefficient (Wildman–Crippen LogP) is 5.12. The van der Waals surface area contributed by atoms with Gasteiger partial charge in [-0.05, 0) is 86.7 Å². The van der Waals surface area contributed by atoms with Gasteiger partial charge in [0.15, 0.2) is 0 Å². The minimum atomic E-state index is -2.38. The van der Waals surface area contributed by atoms with Crippen LogP contribution < -0.4 is 0 Å². The smallest absolute Gasteiger partial charge is 0.261 e. The minimum Gasteiger partial charge on any atom is -0.388 e. The van der Waals surface area contributed by atoms with Gasteiger partial charge in [0, 0.05) is 13.1 Å². The van der Waals surface area contributed by atoms with Crippen molar-refractivity contribution in [2.45, 2.75) is 90.0 Å². The Morgan fingerprint density at radius 3 is 2.56 bits per heavy atom. The molecule has 4 aliphatic rings. The van der Waals surface area contributed by atoms with E-state index >= 15 is 0 Å². The number of aliphatic hydroxyl groups is 2. The summed E-state index contributed by atoms with van der Waals surface area (Å²) in [6.45, 7) is 10.9. The topological polar surface area (TPSA) is 52.9 Å². The second-order valence-electron chi connectivity index (χ2n) is 11.5. The highest BCUT2D eigenvalue weighted by molar-refractivity contribution is 5.29. The van der Waals surface area contributed by atoms with Gasteiger partial charge in [-0.25, -0.2) is 8.78 Å². The molecule has 0 bridgehead atoms.